The zero-order valence-electron chi connectivity index (χ0n) is 13.7. The average Bonchev–Trinajstić information content (AvgIpc) is 2.56. The summed E-state index contributed by atoms with van der Waals surface area (Å²) in [5, 5.41) is 0.414. The Kier molecular flexibility index (Phi) is 6.48. The summed E-state index contributed by atoms with van der Waals surface area (Å²) in [7, 11) is -3.96. The minimum atomic E-state index is -3.96. The van der Waals surface area contributed by atoms with Crippen LogP contribution < -0.4 is 4.31 Å². The van der Waals surface area contributed by atoms with Gasteiger partial charge in [0.25, 0.3) is 10.0 Å². The van der Waals surface area contributed by atoms with Crippen molar-refractivity contribution in [2.24, 2.45) is 0 Å². The molecule has 0 bridgehead atoms. The number of anilines is 1. The first-order valence-corrected chi connectivity index (χ1v) is 10.1. The number of hydrogen-bond acceptors (Lipinski definition) is 4. The number of ether oxygens (including phenoxy) is 1. The Morgan fingerprint density at radius 2 is 1.84 bits per heavy atom. The lowest BCUT2D eigenvalue weighted by atomic mass is 10.2. The third kappa shape index (κ3) is 4.74. The lowest BCUT2D eigenvalue weighted by Crippen LogP contribution is -2.36. The summed E-state index contributed by atoms with van der Waals surface area (Å²) in [4.78, 5) is 12.0. The van der Waals surface area contributed by atoms with Crippen LogP contribution in [-0.4, -0.2) is 27.5 Å². The highest BCUT2D eigenvalue weighted by Crippen LogP contribution is 2.28. The van der Waals surface area contributed by atoms with Gasteiger partial charge >= 0.3 is 5.97 Å². The van der Waals surface area contributed by atoms with E-state index in [-0.39, 0.29) is 11.5 Å². The molecule has 0 atom stereocenters. The molecule has 0 aliphatic carbocycles. The summed E-state index contributed by atoms with van der Waals surface area (Å²) in [5.74, 6) is -0.639. The standard InChI is InChI=1S/C17H17BrClNO4S/c1-3-24-17(21)11-20(14-7-4-12(2)16(19)10-14)25(22,23)15-8-5-13(18)6-9-15/h4-10H,3,11H2,1-2H3. The van der Waals surface area contributed by atoms with Crippen molar-refractivity contribution >= 4 is 49.2 Å². The molecule has 134 valence electrons. The van der Waals surface area contributed by atoms with Crippen LogP contribution in [0.5, 0.6) is 0 Å². The van der Waals surface area contributed by atoms with Gasteiger partial charge in [0, 0.05) is 9.50 Å². The molecule has 2 rings (SSSR count). The van der Waals surface area contributed by atoms with Gasteiger partial charge in [0.1, 0.15) is 6.54 Å². The van der Waals surface area contributed by atoms with Crippen LogP contribution in [0.4, 0.5) is 5.69 Å². The third-order valence-electron chi connectivity index (χ3n) is 3.42. The van der Waals surface area contributed by atoms with Gasteiger partial charge in [-0.3, -0.25) is 9.10 Å². The van der Waals surface area contributed by atoms with E-state index in [0.29, 0.717) is 10.7 Å². The predicted octanol–water partition coefficient (Wildman–Crippen LogP) is 4.17. The molecule has 8 heteroatoms. The van der Waals surface area contributed by atoms with Crippen molar-refractivity contribution in [3.63, 3.8) is 0 Å². The average molecular weight is 447 g/mol. The van der Waals surface area contributed by atoms with E-state index in [4.69, 9.17) is 16.3 Å². The molecule has 0 aliphatic heterocycles. The van der Waals surface area contributed by atoms with Gasteiger partial charge < -0.3 is 4.74 Å². The fourth-order valence-electron chi connectivity index (χ4n) is 2.11. The summed E-state index contributed by atoms with van der Waals surface area (Å²) < 4.78 is 32.7. The first-order valence-electron chi connectivity index (χ1n) is 7.45. The van der Waals surface area contributed by atoms with Gasteiger partial charge in [-0.25, -0.2) is 8.42 Å². The van der Waals surface area contributed by atoms with Crippen LogP contribution in [0.2, 0.25) is 5.02 Å². The normalized spacial score (nSPS) is 11.2. The molecule has 0 radical (unpaired) electrons. The smallest absolute Gasteiger partial charge is 0.326 e. The summed E-state index contributed by atoms with van der Waals surface area (Å²) in [6.07, 6.45) is 0. The molecule has 0 unspecified atom stereocenters. The summed E-state index contributed by atoms with van der Waals surface area (Å²) in [5.41, 5.74) is 1.11. The summed E-state index contributed by atoms with van der Waals surface area (Å²) in [6, 6.07) is 11.0. The zero-order chi connectivity index (χ0) is 18.6. The molecule has 25 heavy (non-hydrogen) atoms. The number of carbonyl (C=O) groups is 1. The molecule has 0 saturated heterocycles. The van der Waals surface area contributed by atoms with Crippen molar-refractivity contribution in [2.75, 3.05) is 17.5 Å². The second kappa shape index (κ2) is 8.21. The first-order chi connectivity index (χ1) is 11.8. The fraction of sp³-hybridized carbons (Fsp3) is 0.235. The molecule has 0 N–H and O–H groups in total. The van der Waals surface area contributed by atoms with Crippen molar-refractivity contribution in [2.45, 2.75) is 18.7 Å². The van der Waals surface area contributed by atoms with Gasteiger partial charge in [0.15, 0.2) is 0 Å². The molecule has 0 spiro atoms. The van der Waals surface area contributed by atoms with Gasteiger partial charge in [-0.1, -0.05) is 33.6 Å². The number of esters is 1. The molecule has 0 amide bonds. The Bertz CT molecular complexity index is 869. The number of nitrogens with zero attached hydrogens (tertiary/aromatic N) is 1. The maximum atomic E-state index is 13.0. The van der Waals surface area contributed by atoms with Gasteiger partial charge in [0.05, 0.1) is 17.2 Å². The quantitative estimate of drug-likeness (QED) is 0.625. The van der Waals surface area contributed by atoms with Crippen LogP contribution in [0.1, 0.15) is 12.5 Å². The van der Waals surface area contributed by atoms with Crippen LogP contribution in [-0.2, 0) is 19.6 Å². The molecule has 0 aliphatic rings. The van der Waals surface area contributed by atoms with Gasteiger partial charge in [0.2, 0.25) is 0 Å². The van der Waals surface area contributed by atoms with E-state index in [1.807, 2.05) is 6.92 Å². The molecular weight excluding hydrogens is 430 g/mol. The SMILES string of the molecule is CCOC(=O)CN(c1ccc(C)c(Cl)c1)S(=O)(=O)c1ccc(Br)cc1. The van der Waals surface area contributed by atoms with Crippen molar-refractivity contribution in [1.82, 2.24) is 0 Å². The van der Waals surface area contributed by atoms with E-state index in [0.717, 1.165) is 14.3 Å². The van der Waals surface area contributed by atoms with Crippen LogP contribution in [0, 0.1) is 6.92 Å². The van der Waals surface area contributed by atoms with E-state index >= 15 is 0 Å². The van der Waals surface area contributed by atoms with Crippen LogP contribution in [0.15, 0.2) is 51.8 Å². The number of benzene rings is 2. The maximum Gasteiger partial charge on any atom is 0.326 e. The fourth-order valence-corrected chi connectivity index (χ4v) is 3.95. The maximum absolute atomic E-state index is 13.0. The number of halogens is 2. The first kappa shape index (κ1) is 19.8. The van der Waals surface area contributed by atoms with E-state index in [9.17, 15) is 13.2 Å². The molecular formula is C17H17BrClNO4S. The highest BCUT2D eigenvalue weighted by atomic mass is 79.9. The summed E-state index contributed by atoms with van der Waals surface area (Å²) >= 11 is 9.40. The largest absolute Gasteiger partial charge is 0.465 e. The lowest BCUT2D eigenvalue weighted by Gasteiger charge is -2.24. The Morgan fingerprint density at radius 1 is 1.20 bits per heavy atom. The number of carbonyl (C=O) groups excluding carboxylic acids is 1. The monoisotopic (exact) mass is 445 g/mol. The van der Waals surface area contributed by atoms with Crippen molar-refractivity contribution in [3.8, 4) is 0 Å². The zero-order valence-corrected chi connectivity index (χ0v) is 16.9. The lowest BCUT2D eigenvalue weighted by molar-refractivity contribution is -0.141. The van der Waals surface area contributed by atoms with E-state index in [1.165, 1.54) is 18.2 Å². The number of rotatable bonds is 6. The predicted molar refractivity (Wildman–Crippen MR) is 101 cm³/mol. The second-order valence-electron chi connectivity index (χ2n) is 5.20. The van der Waals surface area contributed by atoms with Crippen molar-refractivity contribution in [3.05, 3.63) is 57.5 Å². The van der Waals surface area contributed by atoms with E-state index in [1.54, 1.807) is 31.2 Å². The van der Waals surface area contributed by atoms with Crippen LogP contribution >= 0.6 is 27.5 Å². The summed E-state index contributed by atoms with van der Waals surface area (Å²) in [6.45, 7) is 3.20. The molecule has 2 aromatic rings. The Balaban J connectivity index is 2.51. The Labute approximate surface area is 160 Å². The minimum Gasteiger partial charge on any atom is -0.465 e. The molecule has 5 nitrogen and oxygen atoms in total. The molecule has 0 saturated carbocycles. The van der Waals surface area contributed by atoms with Gasteiger partial charge in [-0.15, -0.1) is 0 Å². The van der Waals surface area contributed by atoms with Crippen molar-refractivity contribution in [1.29, 1.82) is 0 Å². The number of sulfonamides is 1. The van der Waals surface area contributed by atoms with Crippen molar-refractivity contribution < 1.29 is 17.9 Å². The van der Waals surface area contributed by atoms with Gasteiger partial charge in [-0.2, -0.15) is 0 Å². The minimum absolute atomic E-state index is 0.0664. The number of aryl methyl sites for hydroxylation is 1. The highest BCUT2D eigenvalue weighted by Gasteiger charge is 2.28. The van der Waals surface area contributed by atoms with E-state index in [2.05, 4.69) is 15.9 Å². The molecule has 0 heterocycles. The highest BCUT2D eigenvalue weighted by molar-refractivity contribution is 9.10. The Hall–Kier alpha value is -1.57. The van der Waals surface area contributed by atoms with Crippen LogP contribution in [0.3, 0.4) is 0 Å². The van der Waals surface area contributed by atoms with Crippen LogP contribution in [0.25, 0.3) is 0 Å². The molecule has 0 fully saturated rings. The topological polar surface area (TPSA) is 63.7 Å². The molecule has 2 aromatic carbocycles. The number of hydrogen-bond donors (Lipinski definition) is 0. The third-order valence-corrected chi connectivity index (χ3v) is 6.15. The Morgan fingerprint density at radius 3 is 2.40 bits per heavy atom. The molecule has 0 aromatic heterocycles. The van der Waals surface area contributed by atoms with Gasteiger partial charge in [-0.05, 0) is 55.8 Å². The second-order valence-corrected chi connectivity index (χ2v) is 8.39. The van der Waals surface area contributed by atoms with E-state index < -0.39 is 22.5 Å².